The predicted octanol–water partition coefficient (Wildman–Crippen LogP) is 6.77. The first kappa shape index (κ1) is 23.8. The maximum absolute atomic E-state index is 13.0. The monoisotopic (exact) mass is 457 g/mol. The third-order valence-electron chi connectivity index (χ3n) is 5.54. The van der Waals surface area contributed by atoms with Crippen LogP contribution in [0.15, 0.2) is 84.9 Å². The van der Waals surface area contributed by atoms with Crippen molar-refractivity contribution in [2.24, 2.45) is 0 Å². The summed E-state index contributed by atoms with van der Waals surface area (Å²) in [4.78, 5) is 14.7. The number of hydrogen-bond donors (Lipinski definition) is 0. The lowest BCUT2D eigenvalue weighted by molar-refractivity contribution is -0.137. The van der Waals surface area contributed by atoms with Crippen molar-refractivity contribution in [3.8, 4) is 11.1 Å². The number of halogens is 4. The number of carbonyl (C=O) groups excluding carboxylic acids is 1. The molecule has 2 nitrogen and oxygen atoms in total. The van der Waals surface area contributed by atoms with Gasteiger partial charge in [-0.1, -0.05) is 72.8 Å². The molecular weight excluding hydrogens is 435 g/mol. The first-order chi connectivity index (χ1) is 14.9. The molecule has 0 saturated heterocycles. The first-order valence-electron chi connectivity index (χ1n) is 10.2. The summed E-state index contributed by atoms with van der Waals surface area (Å²) in [5.74, 6) is 0.0375. The molecule has 4 rings (SSSR count). The highest BCUT2D eigenvalue weighted by atomic mass is 35.5. The van der Waals surface area contributed by atoms with Gasteiger partial charge in [0.1, 0.15) is 0 Å². The maximum atomic E-state index is 13.0. The molecule has 0 aliphatic carbocycles. The molecule has 3 aromatic carbocycles. The molecule has 0 fully saturated rings. The Hall–Kier alpha value is -2.89. The second-order valence-corrected chi connectivity index (χ2v) is 7.66. The van der Waals surface area contributed by atoms with Crippen LogP contribution in [0, 0.1) is 0 Å². The van der Waals surface area contributed by atoms with Crippen molar-refractivity contribution < 1.29 is 18.0 Å². The minimum absolute atomic E-state index is 0. The predicted molar refractivity (Wildman–Crippen MR) is 124 cm³/mol. The van der Waals surface area contributed by atoms with E-state index in [1.54, 1.807) is 6.07 Å². The van der Waals surface area contributed by atoms with Crippen molar-refractivity contribution in [3.63, 3.8) is 0 Å². The van der Waals surface area contributed by atoms with Crippen molar-refractivity contribution >= 4 is 23.8 Å². The fraction of sp³-hybridized carbons (Fsp3) is 0.192. The van der Waals surface area contributed by atoms with Crippen LogP contribution in [-0.4, -0.2) is 30.3 Å². The Bertz CT molecular complexity index is 1090. The highest BCUT2D eigenvalue weighted by Gasteiger charge is 2.30. The van der Waals surface area contributed by atoms with Gasteiger partial charge in [0, 0.05) is 18.7 Å². The van der Waals surface area contributed by atoms with E-state index < -0.39 is 11.7 Å². The molecule has 0 aromatic heterocycles. The van der Waals surface area contributed by atoms with Crippen LogP contribution >= 0.6 is 12.4 Å². The largest absolute Gasteiger partial charge is 0.416 e. The molecule has 1 aliphatic heterocycles. The van der Waals surface area contributed by atoms with Crippen LogP contribution in [-0.2, 0) is 6.18 Å². The molecule has 0 atom stereocenters. The average molecular weight is 458 g/mol. The van der Waals surface area contributed by atoms with Crippen molar-refractivity contribution in [3.05, 3.63) is 102 Å². The smallest absolute Gasteiger partial charge is 0.293 e. The quantitative estimate of drug-likeness (QED) is 0.394. The van der Waals surface area contributed by atoms with Gasteiger partial charge in [0.05, 0.1) is 12.1 Å². The van der Waals surface area contributed by atoms with E-state index in [1.165, 1.54) is 12.1 Å². The van der Waals surface area contributed by atoms with E-state index in [9.17, 15) is 18.0 Å². The van der Waals surface area contributed by atoms with Crippen LogP contribution in [0.3, 0.4) is 0 Å². The van der Waals surface area contributed by atoms with Crippen molar-refractivity contribution in [2.45, 2.75) is 12.6 Å². The maximum Gasteiger partial charge on any atom is 0.416 e. The van der Waals surface area contributed by atoms with Gasteiger partial charge < -0.3 is 0 Å². The number of hydrogen-bond acceptors (Lipinski definition) is 2. The SMILES string of the molecule is Cl.O=C(CN1CC=C(c2cccc(C(F)(F)F)c2)CC1)c1ccc(-c2ccccc2)cc1. The zero-order valence-electron chi connectivity index (χ0n) is 17.3. The highest BCUT2D eigenvalue weighted by molar-refractivity contribution is 5.98. The van der Waals surface area contributed by atoms with Gasteiger partial charge >= 0.3 is 6.18 Å². The lowest BCUT2D eigenvalue weighted by atomic mass is 9.97. The molecule has 1 aliphatic rings. The van der Waals surface area contributed by atoms with E-state index in [1.807, 2.05) is 65.6 Å². The van der Waals surface area contributed by atoms with Crippen molar-refractivity contribution in [2.75, 3.05) is 19.6 Å². The Morgan fingerprint density at radius 1 is 0.844 bits per heavy atom. The molecule has 0 unspecified atom stereocenters. The second-order valence-electron chi connectivity index (χ2n) is 7.66. The molecule has 0 spiro atoms. The fourth-order valence-electron chi connectivity index (χ4n) is 3.79. The molecule has 0 saturated carbocycles. The molecule has 0 bridgehead atoms. The Morgan fingerprint density at radius 3 is 2.12 bits per heavy atom. The number of benzene rings is 3. The summed E-state index contributed by atoms with van der Waals surface area (Å²) in [6.07, 6.45) is -1.81. The van der Waals surface area contributed by atoms with Gasteiger partial charge in [0.2, 0.25) is 0 Å². The number of alkyl halides is 3. The minimum atomic E-state index is -4.35. The van der Waals surface area contributed by atoms with Gasteiger partial charge in [-0.2, -0.15) is 13.2 Å². The fourth-order valence-corrected chi connectivity index (χ4v) is 3.79. The zero-order chi connectivity index (χ0) is 21.8. The van der Waals surface area contributed by atoms with Gasteiger partial charge in [0.15, 0.2) is 5.78 Å². The Morgan fingerprint density at radius 2 is 1.50 bits per heavy atom. The third-order valence-corrected chi connectivity index (χ3v) is 5.54. The highest BCUT2D eigenvalue weighted by Crippen LogP contribution is 2.32. The van der Waals surface area contributed by atoms with E-state index in [2.05, 4.69) is 0 Å². The lowest BCUT2D eigenvalue weighted by Gasteiger charge is -2.26. The summed E-state index contributed by atoms with van der Waals surface area (Å²) < 4.78 is 38.9. The third kappa shape index (κ3) is 5.67. The minimum Gasteiger partial charge on any atom is -0.293 e. The molecule has 0 radical (unpaired) electrons. The van der Waals surface area contributed by atoms with Gasteiger partial charge in [-0.3, -0.25) is 9.69 Å². The first-order valence-corrected chi connectivity index (χ1v) is 10.2. The lowest BCUT2D eigenvalue weighted by Crippen LogP contribution is -2.33. The number of nitrogens with zero attached hydrogens (tertiary/aromatic N) is 1. The van der Waals surface area contributed by atoms with Crippen LogP contribution in [0.5, 0.6) is 0 Å². The standard InChI is InChI=1S/C26H22F3NO.ClH/c27-26(28,29)24-8-4-7-23(17-24)21-13-15-30(16-14-21)18-25(31)22-11-9-20(10-12-22)19-5-2-1-3-6-19;/h1-13,17H,14-16,18H2;1H. The topological polar surface area (TPSA) is 20.3 Å². The molecule has 166 valence electrons. The Kier molecular flexibility index (Phi) is 7.54. The molecule has 1 heterocycles. The molecule has 6 heteroatoms. The number of rotatable bonds is 5. The van der Waals surface area contributed by atoms with Gasteiger partial charge in [-0.25, -0.2) is 0 Å². The van der Waals surface area contributed by atoms with Gasteiger partial charge in [-0.15, -0.1) is 12.4 Å². The summed E-state index contributed by atoms with van der Waals surface area (Å²) in [7, 11) is 0. The van der Waals surface area contributed by atoms with Crippen LogP contribution < -0.4 is 0 Å². The summed E-state index contributed by atoms with van der Waals surface area (Å²) in [6.45, 7) is 1.46. The molecule has 0 amide bonds. The van der Waals surface area contributed by atoms with Crippen molar-refractivity contribution in [1.82, 2.24) is 4.90 Å². The van der Waals surface area contributed by atoms with Crippen molar-refractivity contribution in [1.29, 1.82) is 0 Å². The molecular formula is C26H23ClF3NO. The van der Waals surface area contributed by atoms with Crippen LogP contribution in [0.25, 0.3) is 16.7 Å². The normalized spacial score (nSPS) is 14.4. The van der Waals surface area contributed by atoms with E-state index in [0.29, 0.717) is 30.6 Å². The second kappa shape index (κ2) is 10.2. The van der Waals surface area contributed by atoms with Crippen LogP contribution in [0.1, 0.15) is 27.9 Å². The van der Waals surface area contributed by atoms with Crippen LogP contribution in [0.2, 0.25) is 0 Å². The molecule has 32 heavy (non-hydrogen) atoms. The Labute approximate surface area is 191 Å². The van der Waals surface area contributed by atoms with E-state index in [0.717, 1.165) is 22.8 Å². The molecule has 0 N–H and O–H groups in total. The Balaban J connectivity index is 0.00000289. The summed E-state index contributed by atoms with van der Waals surface area (Å²) in [6, 6.07) is 23.0. The van der Waals surface area contributed by atoms with Gasteiger partial charge in [-0.05, 0) is 40.8 Å². The van der Waals surface area contributed by atoms with E-state index in [-0.39, 0.29) is 24.7 Å². The number of carbonyl (C=O) groups is 1. The molecule has 3 aromatic rings. The summed E-state index contributed by atoms with van der Waals surface area (Å²) in [5.41, 5.74) is 3.67. The van der Waals surface area contributed by atoms with E-state index >= 15 is 0 Å². The van der Waals surface area contributed by atoms with Gasteiger partial charge in [0.25, 0.3) is 0 Å². The van der Waals surface area contributed by atoms with Crippen LogP contribution in [0.4, 0.5) is 13.2 Å². The zero-order valence-corrected chi connectivity index (χ0v) is 18.1. The number of ketones is 1. The average Bonchev–Trinajstić information content (AvgIpc) is 2.80. The summed E-state index contributed by atoms with van der Waals surface area (Å²) >= 11 is 0. The number of Topliss-reactive ketones (excluding diaryl/α,β-unsaturated/α-hetero) is 1. The van der Waals surface area contributed by atoms with E-state index in [4.69, 9.17) is 0 Å². The summed E-state index contributed by atoms with van der Waals surface area (Å²) in [5, 5.41) is 0.